The van der Waals surface area contributed by atoms with E-state index in [1.165, 1.54) is 17.2 Å². The number of aromatic nitrogens is 3. The Kier molecular flexibility index (Phi) is 3.15. The minimum atomic E-state index is -1.00. The summed E-state index contributed by atoms with van der Waals surface area (Å²) in [6, 6.07) is 9.52. The molecule has 2 aromatic heterocycles. The third-order valence-corrected chi connectivity index (χ3v) is 3.69. The number of pyridine rings is 1. The van der Waals surface area contributed by atoms with Crippen LogP contribution in [0.15, 0.2) is 41.4 Å². The molecule has 0 amide bonds. The van der Waals surface area contributed by atoms with Gasteiger partial charge in [0.25, 0.3) is 0 Å². The monoisotopic (exact) mass is 285 g/mol. The first-order chi connectivity index (χ1) is 9.67. The number of benzene rings is 1. The first kappa shape index (κ1) is 12.7. The number of imidazole rings is 1. The normalized spacial score (nSPS) is 10.8. The molecule has 2 heterocycles. The number of nitrogens with one attached hydrogen (secondary N) is 1. The van der Waals surface area contributed by atoms with E-state index < -0.39 is 5.97 Å². The molecule has 0 radical (unpaired) electrons. The Morgan fingerprint density at radius 3 is 2.70 bits per heavy atom. The Bertz CT molecular complexity index is 781. The van der Waals surface area contributed by atoms with Crippen molar-refractivity contribution in [3.05, 3.63) is 42.1 Å². The molecule has 0 spiro atoms. The summed E-state index contributed by atoms with van der Waals surface area (Å²) in [6.45, 7) is 0. The third-order valence-electron chi connectivity index (χ3n) is 2.95. The van der Waals surface area contributed by atoms with Crippen molar-refractivity contribution in [2.45, 2.75) is 4.90 Å². The first-order valence-electron chi connectivity index (χ1n) is 5.91. The summed E-state index contributed by atoms with van der Waals surface area (Å²) in [5, 5.41) is 8.95. The van der Waals surface area contributed by atoms with Crippen LogP contribution in [-0.4, -0.2) is 32.3 Å². The molecule has 0 aliphatic rings. The van der Waals surface area contributed by atoms with Gasteiger partial charge in [0.2, 0.25) is 0 Å². The molecule has 0 unspecified atom stereocenters. The van der Waals surface area contributed by atoms with E-state index >= 15 is 0 Å². The zero-order valence-corrected chi connectivity index (χ0v) is 11.4. The highest BCUT2D eigenvalue weighted by molar-refractivity contribution is 7.98. The first-order valence-corrected chi connectivity index (χ1v) is 7.13. The van der Waals surface area contributed by atoms with Gasteiger partial charge in [-0.05, 0) is 24.5 Å². The second kappa shape index (κ2) is 4.97. The van der Waals surface area contributed by atoms with Crippen molar-refractivity contribution in [3.63, 3.8) is 0 Å². The number of rotatable bonds is 3. The highest BCUT2D eigenvalue weighted by Crippen LogP contribution is 2.23. The molecule has 2 N–H and O–H groups in total. The molecule has 0 fully saturated rings. The number of carbonyl (C=O) groups is 1. The van der Waals surface area contributed by atoms with Crippen molar-refractivity contribution in [2.24, 2.45) is 0 Å². The lowest BCUT2D eigenvalue weighted by atomic mass is 10.2. The van der Waals surface area contributed by atoms with Crippen molar-refractivity contribution in [3.8, 4) is 11.4 Å². The number of carboxylic acids is 1. The molecule has 0 aliphatic carbocycles. The maximum Gasteiger partial charge on any atom is 0.337 e. The lowest BCUT2D eigenvalue weighted by Gasteiger charge is -1.98. The maximum atomic E-state index is 10.9. The molecule has 3 rings (SSSR count). The third kappa shape index (κ3) is 2.25. The summed E-state index contributed by atoms with van der Waals surface area (Å²) in [5.41, 5.74) is 2.22. The van der Waals surface area contributed by atoms with Crippen LogP contribution in [-0.2, 0) is 0 Å². The van der Waals surface area contributed by atoms with Crippen LogP contribution in [0.4, 0.5) is 0 Å². The van der Waals surface area contributed by atoms with Crippen LogP contribution in [0, 0.1) is 0 Å². The number of hydrogen-bond donors (Lipinski definition) is 2. The van der Waals surface area contributed by atoms with Crippen LogP contribution in [0.1, 0.15) is 10.4 Å². The Labute approximate surface area is 119 Å². The molecule has 0 aliphatic heterocycles. The molecule has 100 valence electrons. The van der Waals surface area contributed by atoms with Crippen LogP contribution in [0.3, 0.4) is 0 Å². The maximum absolute atomic E-state index is 10.9. The van der Waals surface area contributed by atoms with E-state index in [0.29, 0.717) is 17.0 Å². The molecule has 0 bridgehead atoms. The number of H-pyrrole nitrogens is 1. The van der Waals surface area contributed by atoms with E-state index in [1.807, 2.05) is 30.5 Å². The van der Waals surface area contributed by atoms with E-state index in [4.69, 9.17) is 5.11 Å². The number of carboxylic acid groups (broad SMARTS) is 1. The lowest BCUT2D eigenvalue weighted by Crippen LogP contribution is -1.96. The minimum Gasteiger partial charge on any atom is -0.478 e. The lowest BCUT2D eigenvalue weighted by molar-refractivity contribution is 0.0696. The Morgan fingerprint density at radius 2 is 2.05 bits per heavy atom. The fourth-order valence-electron chi connectivity index (χ4n) is 1.90. The minimum absolute atomic E-state index is 0.144. The van der Waals surface area contributed by atoms with Crippen molar-refractivity contribution in [2.75, 3.05) is 6.26 Å². The Balaban J connectivity index is 2.05. The average molecular weight is 285 g/mol. The highest BCUT2D eigenvalue weighted by atomic mass is 32.2. The summed E-state index contributed by atoms with van der Waals surface area (Å²) in [5.74, 6) is -0.317. The molecular weight excluding hydrogens is 274 g/mol. The summed E-state index contributed by atoms with van der Waals surface area (Å²) < 4.78 is 0. The van der Waals surface area contributed by atoms with Crippen LogP contribution >= 0.6 is 11.8 Å². The van der Waals surface area contributed by atoms with Crippen molar-refractivity contribution in [1.82, 2.24) is 15.0 Å². The molecule has 5 nitrogen and oxygen atoms in total. The second-order valence-electron chi connectivity index (χ2n) is 4.21. The second-order valence-corrected chi connectivity index (χ2v) is 5.09. The number of aromatic carboxylic acids is 1. The Morgan fingerprint density at radius 1 is 1.30 bits per heavy atom. The number of thioether (sulfide) groups is 1. The smallest absolute Gasteiger partial charge is 0.337 e. The van der Waals surface area contributed by atoms with Crippen LogP contribution in [0.5, 0.6) is 0 Å². The highest BCUT2D eigenvalue weighted by Gasteiger charge is 2.09. The van der Waals surface area contributed by atoms with Crippen LogP contribution in [0.25, 0.3) is 22.6 Å². The predicted molar refractivity (Wildman–Crippen MR) is 78.1 cm³/mol. The fraction of sp³-hybridized carbons (Fsp3) is 0.0714. The molecule has 20 heavy (non-hydrogen) atoms. The summed E-state index contributed by atoms with van der Waals surface area (Å²) in [7, 11) is 0. The standard InChI is InChI=1S/C14H11N3O2S/c1-20-10-4-2-8(3-5-10)12-16-11-6-9(14(18)19)7-15-13(11)17-12/h2-7H,1H3,(H,18,19)(H,15,16,17). The number of nitrogens with zero attached hydrogens (tertiary/aromatic N) is 2. The van der Waals surface area contributed by atoms with E-state index in [9.17, 15) is 4.79 Å². The van der Waals surface area contributed by atoms with Crippen LogP contribution in [0.2, 0.25) is 0 Å². The summed E-state index contributed by atoms with van der Waals surface area (Å²) in [4.78, 5) is 23.6. The van der Waals surface area contributed by atoms with Gasteiger partial charge in [0, 0.05) is 16.7 Å². The molecule has 0 atom stereocenters. The van der Waals surface area contributed by atoms with Gasteiger partial charge in [0.1, 0.15) is 5.82 Å². The zero-order valence-electron chi connectivity index (χ0n) is 10.6. The molecule has 1 aromatic carbocycles. The van der Waals surface area contributed by atoms with Gasteiger partial charge in [-0.2, -0.15) is 0 Å². The predicted octanol–water partition coefficient (Wildman–Crippen LogP) is 3.04. The fourth-order valence-corrected chi connectivity index (χ4v) is 2.31. The van der Waals surface area contributed by atoms with Gasteiger partial charge < -0.3 is 10.1 Å². The number of aromatic amines is 1. The summed E-state index contributed by atoms with van der Waals surface area (Å²) >= 11 is 1.67. The van der Waals surface area contributed by atoms with Gasteiger partial charge >= 0.3 is 5.97 Å². The molecule has 3 aromatic rings. The van der Waals surface area contributed by atoms with Crippen molar-refractivity contribution in [1.29, 1.82) is 0 Å². The Hall–Kier alpha value is -2.34. The van der Waals surface area contributed by atoms with Gasteiger partial charge in [-0.3, -0.25) is 0 Å². The average Bonchev–Trinajstić information content (AvgIpc) is 2.90. The van der Waals surface area contributed by atoms with Gasteiger partial charge in [-0.25, -0.2) is 14.8 Å². The number of fused-ring (bicyclic) bond motifs is 1. The SMILES string of the molecule is CSc1ccc(-c2nc3ncc(C(=O)O)cc3[nH]2)cc1. The summed E-state index contributed by atoms with van der Waals surface area (Å²) in [6.07, 6.45) is 3.33. The molecule has 0 saturated heterocycles. The molecule has 6 heteroatoms. The van der Waals surface area contributed by atoms with Crippen molar-refractivity contribution < 1.29 is 9.90 Å². The zero-order chi connectivity index (χ0) is 14.1. The molecule has 0 saturated carbocycles. The quantitative estimate of drug-likeness (QED) is 0.723. The van der Waals surface area contributed by atoms with Gasteiger partial charge in [-0.15, -0.1) is 11.8 Å². The number of hydrogen-bond acceptors (Lipinski definition) is 4. The van der Waals surface area contributed by atoms with E-state index in [-0.39, 0.29) is 5.56 Å². The van der Waals surface area contributed by atoms with Gasteiger partial charge in [0.15, 0.2) is 5.65 Å². The van der Waals surface area contributed by atoms with E-state index in [1.54, 1.807) is 11.8 Å². The van der Waals surface area contributed by atoms with E-state index in [2.05, 4.69) is 15.0 Å². The topological polar surface area (TPSA) is 78.9 Å². The van der Waals surface area contributed by atoms with Crippen LogP contribution < -0.4 is 0 Å². The largest absolute Gasteiger partial charge is 0.478 e. The molecular formula is C14H11N3O2S. The van der Waals surface area contributed by atoms with Gasteiger partial charge in [-0.1, -0.05) is 12.1 Å². The van der Waals surface area contributed by atoms with E-state index in [0.717, 1.165) is 5.56 Å². The van der Waals surface area contributed by atoms with Crippen molar-refractivity contribution >= 4 is 28.9 Å². The van der Waals surface area contributed by atoms with Gasteiger partial charge in [0.05, 0.1) is 11.1 Å².